The van der Waals surface area contributed by atoms with Gasteiger partial charge in [-0.25, -0.2) is 4.39 Å². The first-order chi connectivity index (χ1) is 17.1. The summed E-state index contributed by atoms with van der Waals surface area (Å²) in [6.07, 6.45) is -4.48. The quantitative estimate of drug-likeness (QED) is 0.427. The van der Waals surface area contributed by atoms with E-state index < -0.39 is 23.5 Å². The van der Waals surface area contributed by atoms with Crippen LogP contribution in [0.5, 0.6) is 0 Å². The van der Waals surface area contributed by atoms with Crippen molar-refractivity contribution < 1.29 is 32.3 Å². The normalized spacial score (nSPS) is 16.7. The summed E-state index contributed by atoms with van der Waals surface area (Å²) in [5, 5.41) is 14.5. The lowest BCUT2D eigenvalue weighted by Gasteiger charge is -2.40. The average molecular weight is 502 g/mol. The molecule has 2 aliphatic heterocycles. The Hall–Kier alpha value is -3.73. The van der Waals surface area contributed by atoms with Crippen LogP contribution < -0.4 is 0 Å². The van der Waals surface area contributed by atoms with E-state index in [0.29, 0.717) is 40.8 Å². The highest BCUT2D eigenvalue weighted by molar-refractivity contribution is 6.09. The maximum Gasteiger partial charge on any atom is 0.416 e. The van der Waals surface area contributed by atoms with Crippen molar-refractivity contribution >= 4 is 22.7 Å². The average Bonchev–Trinajstić information content (AvgIpc) is 3.16. The number of hydrogen-bond donors (Lipinski definition) is 1. The van der Waals surface area contributed by atoms with Gasteiger partial charge in [0.05, 0.1) is 22.7 Å². The largest absolute Gasteiger partial charge is 0.416 e. The van der Waals surface area contributed by atoms with Crippen LogP contribution in [0.3, 0.4) is 0 Å². The highest BCUT2D eigenvalue weighted by atomic mass is 19.4. The molecular formula is C25H22F4N4O3. The Morgan fingerprint density at radius 3 is 2.28 bits per heavy atom. The van der Waals surface area contributed by atoms with Gasteiger partial charge in [-0.3, -0.25) is 14.3 Å². The topological polar surface area (TPSA) is 78.7 Å². The molecular weight excluding hydrogens is 480 g/mol. The van der Waals surface area contributed by atoms with Gasteiger partial charge in [0.2, 0.25) is 0 Å². The first kappa shape index (κ1) is 24.0. The number of nitrogens with zero attached hydrogens (tertiary/aromatic N) is 4. The maximum absolute atomic E-state index is 13.3. The maximum atomic E-state index is 13.3. The molecule has 0 saturated carbocycles. The number of likely N-dealkylation sites (tertiary alicyclic amines) is 2. The number of carbonyl (C=O) groups excluding carboxylic acids is 2. The molecule has 36 heavy (non-hydrogen) atoms. The fourth-order valence-electron chi connectivity index (χ4n) is 4.63. The fourth-order valence-corrected chi connectivity index (χ4v) is 4.63. The van der Waals surface area contributed by atoms with Crippen LogP contribution >= 0.6 is 0 Å². The summed E-state index contributed by atoms with van der Waals surface area (Å²) in [5.74, 6) is -2.13. The second-order valence-corrected chi connectivity index (χ2v) is 9.10. The van der Waals surface area contributed by atoms with Crippen molar-refractivity contribution in [1.29, 1.82) is 0 Å². The molecule has 2 saturated heterocycles. The number of fused-ring (bicyclic) bond motifs is 1. The van der Waals surface area contributed by atoms with E-state index >= 15 is 0 Å². The number of amides is 2. The molecule has 2 aromatic carbocycles. The molecule has 0 spiro atoms. The first-order valence-electron chi connectivity index (χ1n) is 11.3. The molecule has 5 rings (SSSR count). The number of rotatable bonds is 5. The molecule has 188 valence electrons. The molecule has 2 amide bonds. The van der Waals surface area contributed by atoms with Crippen molar-refractivity contribution in [2.45, 2.75) is 12.2 Å². The Bertz CT molecular complexity index is 1350. The molecule has 1 N–H and O–H groups in total. The zero-order chi connectivity index (χ0) is 25.8. The molecule has 11 heteroatoms. The van der Waals surface area contributed by atoms with Crippen molar-refractivity contribution in [3.05, 3.63) is 66.0 Å². The Balaban J connectivity index is 1.57. The van der Waals surface area contributed by atoms with Gasteiger partial charge in [0, 0.05) is 49.7 Å². The zero-order valence-corrected chi connectivity index (χ0v) is 19.0. The number of aliphatic hydroxyl groups is 1. The third-order valence-corrected chi connectivity index (χ3v) is 6.67. The van der Waals surface area contributed by atoms with Crippen LogP contribution in [0.4, 0.5) is 17.6 Å². The summed E-state index contributed by atoms with van der Waals surface area (Å²) in [6.45, 7) is 4.12. The van der Waals surface area contributed by atoms with Gasteiger partial charge in [-0.1, -0.05) is 30.8 Å². The number of benzene rings is 2. The minimum atomic E-state index is -4.48. The number of hydrogen-bond acceptors (Lipinski definition) is 4. The van der Waals surface area contributed by atoms with Crippen molar-refractivity contribution in [3.63, 3.8) is 0 Å². The first-order valence-corrected chi connectivity index (χ1v) is 11.3. The van der Waals surface area contributed by atoms with Crippen LogP contribution in [-0.4, -0.2) is 69.3 Å². The van der Waals surface area contributed by atoms with Gasteiger partial charge in [-0.2, -0.15) is 18.3 Å². The van der Waals surface area contributed by atoms with Gasteiger partial charge in [0.15, 0.2) is 5.83 Å². The van der Waals surface area contributed by atoms with E-state index in [2.05, 4.69) is 11.7 Å². The van der Waals surface area contributed by atoms with Crippen LogP contribution in [-0.2, 0) is 11.0 Å². The smallest absolute Gasteiger partial charge is 0.396 e. The summed E-state index contributed by atoms with van der Waals surface area (Å²) in [6, 6.07) is 9.30. The molecule has 3 aromatic rings. The van der Waals surface area contributed by atoms with Crippen LogP contribution in [0.2, 0.25) is 0 Å². The van der Waals surface area contributed by atoms with Gasteiger partial charge >= 0.3 is 6.18 Å². The summed E-state index contributed by atoms with van der Waals surface area (Å²) < 4.78 is 54.1. The molecule has 3 heterocycles. The minimum absolute atomic E-state index is 0.0146. The number of carbonyl (C=O) groups is 2. The highest BCUT2D eigenvalue weighted by Gasteiger charge is 2.37. The Labute approximate surface area is 203 Å². The lowest BCUT2D eigenvalue weighted by atomic mass is 9.98. The molecule has 0 atom stereocenters. The van der Waals surface area contributed by atoms with Crippen LogP contribution in [0.1, 0.15) is 22.0 Å². The summed E-state index contributed by atoms with van der Waals surface area (Å²) in [4.78, 5) is 28.1. The standard InChI is InChI=1S/C25H22F4N4O3/c1-14(26)23(35)32-11-18(12-32)33-22-19(3-2-4-20(22)24(36)31-9-15(10-31)13-34)21(30-33)16-5-7-17(8-6-16)25(27,28)29/h2-8,15,18,34H,1,9-13H2. The van der Waals surface area contributed by atoms with Gasteiger partial charge in [0.1, 0.15) is 5.69 Å². The monoisotopic (exact) mass is 502 g/mol. The third kappa shape index (κ3) is 4.02. The summed E-state index contributed by atoms with van der Waals surface area (Å²) in [7, 11) is 0. The lowest BCUT2D eigenvalue weighted by molar-refractivity contribution is -0.137. The van der Waals surface area contributed by atoms with E-state index in [1.54, 1.807) is 27.8 Å². The summed E-state index contributed by atoms with van der Waals surface area (Å²) >= 11 is 0. The van der Waals surface area contributed by atoms with Crippen molar-refractivity contribution in [2.75, 3.05) is 32.8 Å². The van der Waals surface area contributed by atoms with E-state index in [9.17, 15) is 32.3 Å². The Kier molecular flexibility index (Phi) is 5.82. The molecule has 0 unspecified atom stereocenters. The lowest BCUT2D eigenvalue weighted by Crippen LogP contribution is -2.52. The molecule has 0 aliphatic carbocycles. The predicted molar refractivity (Wildman–Crippen MR) is 123 cm³/mol. The number of aromatic nitrogens is 2. The van der Waals surface area contributed by atoms with Crippen LogP contribution in [0.25, 0.3) is 22.2 Å². The van der Waals surface area contributed by atoms with Gasteiger partial charge in [0.25, 0.3) is 11.8 Å². The second-order valence-electron chi connectivity index (χ2n) is 9.10. The number of aliphatic hydroxyl groups excluding tert-OH is 1. The van der Waals surface area contributed by atoms with Crippen molar-refractivity contribution in [3.8, 4) is 11.3 Å². The SMILES string of the molecule is C=C(F)C(=O)N1CC(n2nc(-c3ccc(C(F)(F)F)cc3)c3cccc(C(=O)N4CC(CO)C4)c32)C1. The van der Waals surface area contributed by atoms with Gasteiger partial charge in [-0.15, -0.1) is 0 Å². The van der Waals surface area contributed by atoms with Crippen LogP contribution in [0.15, 0.2) is 54.9 Å². The predicted octanol–water partition coefficient (Wildman–Crippen LogP) is 3.65. The van der Waals surface area contributed by atoms with E-state index in [1.165, 1.54) is 17.0 Å². The number of halogens is 4. The molecule has 0 radical (unpaired) electrons. The minimum Gasteiger partial charge on any atom is -0.396 e. The molecule has 7 nitrogen and oxygen atoms in total. The zero-order valence-electron chi connectivity index (χ0n) is 19.0. The molecule has 2 aliphatic rings. The molecule has 2 fully saturated rings. The van der Waals surface area contributed by atoms with Crippen molar-refractivity contribution in [1.82, 2.24) is 19.6 Å². The molecule has 1 aromatic heterocycles. The molecule has 0 bridgehead atoms. The van der Waals surface area contributed by atoms with Crippen LogP contribution in [0, 0.1) is 5.92 Å². The summed E-state index contributed by atoms with van der Waals surface area (Å²) in [5.41, 5.74) is 0.881. The van der Waals surface area contributed by atoms with Crippen molar-refractivity contribution in [2.24, 2.45) is 5.92 Å². The van der Waals surface area contributed by atoms with E-state index in [1.807, 2.05) is 0 Å². The van der Waals surface area contributed by atoms with E-state index in [4.69, 9.17) is 0 Å². The van der Waals surface area contributed by atoms with E-state index in [-0.39, 0.29) is 37.6 Å². The fraction of sp³-hybridized carbons (Fsp3) is 0.320. The Morgan fingerprint density at radius 1 is 1.03 bits per heavy atom. The Morgan fingerprint density at radius 2 is 1.69 bits per heavy atom. The van der Waals surface area contributed by atoms with Gasteiger partial charge in [-0.05, 0) is 18.2 Å². The second kappa shape index (κ2) is 8.74. The van der Waals surface area contributed by atoms with Gasteiger partial charge < -0.3 is 14.9 Å². The highest BCUT2D eigenvalue weighted by Crippen LogP contribution is 2.37. The number of para-hydroxylation sites is 1. The number of alkyl halides is 3. The third-order valence-electron chi connectivity index (χ3n) is 6.67. The van der Waals surface area contributed by atoms with E-state index in [0.717, 1.165) is 12.1 Å².